The molecule has 1 aliphatic carbocycles. The largest absolute Gasteiger partial charge is 0.342 e. The van der Waals surface area contributed by atoms with Gasteiger partial charge >= 0.3 is 0 Å². The van der Waals surface area contributed by atoms with Gasteiger partial charge in [-0.2, -0.15) is 0 Å². The summed E-state index contributed by atoms with van der Waals surface area (Å²) in [5.41, 5.74) is 1.41. The Morgan fingerprint density at radius 3 is 2.50 bits per heavy atom. The minimum atomic E-state index is -0.161. The fourth-order valence-electron chi connectivity index (χ4n) is 5.12. The van der Waals surface area contributed by atoms with E-state index in [1.807, 2.05) is 16.8 Å². The van der Waals surface area contributed by atoms with Gasteiger partial charge in [0.1, 0.15) is 0 Å². The molecule has 3 aliphatic heterocycles. The molecule has 28 heavy (non-hydrogen) atoms. The van der Waals surface area contributed by atoms with Gasteiger partial charge in [0, 0.05) is 57.3 Å². The number of piperidine rings is 2. The van der Waals surface area contributed by atoms with Crippen molar-refractivity contribution >= 4 is 17.8 Å². The van der Waals surface area contributed by atoms with Crippen LogP contribution in [0.5, 0.6) is 0 Å². The first-order chi connectivity index (χ1) is 13.6. The SMILES string of the molecule is CN1CC2(CCN(C(=O)C3CC3)CC2)c2nc(N3CCCCC3)ncc2C1=O. The molecule has 0 unspecified atom stereocenters. The Bertz CT molecular complexity index is 792. The zero-order valence-corrected chi connectivity index (χ0v) is 16.7. The molecule has 0 radical (unpaired) electrons. The van der Waals surface area contributed by atoms with Gasteiger partial charge in [-0.05, 0) is 44.9 Å². The highest BCUT2D eigenvalue weighted by molar-refractivity contribution is 5.96. The van der Waals surface area contributed by atoms with Crippen molar-refractivity contribution in [3.8, 4) is 0 Å². The number of carbonyl (C=O) groups is 2. The van der Waals surface area contributed by atoms with Gasteiger partial charge in [0.15, 0.2) is 0 Å². The van der Waals surface area contributed by atoms with Crippen molar-refractivity contribution in [3.63, 3.8) is 0 Å². The summed E-state index contributed by atoms with van der Waals surface area (Å²) in [7, 11) is 1.87. The van der Waals surface area contributed by atoms with Crippen LogP contribution in [0.1, 0.15) is 61.0 Å². The second kappa shape index (κ2) is 6.71. The van der Waals surface area contributed by atoms with Crippen molar-refractivity contribution in [2.24, 2.45) is 5.92 Å². The van der Waals surface area contributed by atoms with E-state index in [0.717, 1.165) is 63.5 Å². The van der Waals surface area contributed by atoms with Gasteiger partial charge in [0.2, 0.25) is 11.9 Å². The summed E-state index contributed by atoms with van der Waals surface area (Å²) in [5, 5.41) is 0. The number of amides is 2. The molecule has 4 aliphatic rings. The third-order valence-electron chi connectivity index (χ3n) is 6.99. The minimum Gasteiger partial charge on any atom is -0.342 e. The predicted octanol–water partition coefficient (Wildman–Crippen LogP) is 1.82. The summed E-state index contributed by atoms with van der Waals surface area (Å²) >= 11 is 0. The number of carbonyl (C=O) groups excluding carboxylic acids is 2. The fourth-order valence-corrected chi connectivity index (χ4v) is 5.12. The van der Waals surface area contributed by atoms with E-state index in [-0.39, 0.29) is 17.2 Å². The Morgan fingerprint density at radius 1 is 1.11 bits per heavy atom. The highest BCUT2D eigenvalue weighted by atomic mass is 16.2. The maximum Gasteiger partial charge on any atom is 0.257 e. The van der Waals surface area contributed by atoms with Gasteiger partial charge in [-0.3, -0.25) is 9.59 Å². The summed E-state index contributed by atoms with van der Waals surface area (Å²) < 4.78 is 0. The molecule has 1 saturated carbocycles. The number of likely N-dealkylation sites (N-methyl/N-ethyl adjacent to an activating group) is 1. The molecule has 2 amide bonds. The number of fused-ring (bicyclic) bond motifs is 2. The molecule has 0 aromatic carbocycles. The number of likely N-dealkylation sites (tertiary alicyclic amines) is 1. The van der Waals surface area contributed by atoms with E-state index in [1.54, 1.807) is 6.20 Å². The molecule has 0 atom stereocenters. The number of rotatable bonds is 2. The molecule has 2 saturated heterocycles. The lowest BCUT2D eigenvalue weighted by Crippen LogP contribution is -2.55. The average molecular weight is 383 g/mol. The number of nitrogens with zero attached hydrogens (tertiary/aromatic N) is 5. The molecule has 1 spiro atoms. The lowest BCUT2D eigenvalue weighted by Gasteiger charge is -2.46. The summed E-state index contributed by atoms with van der Waals surface area (Å²) in [6, 6.07) is 0. The van der Waals surface area contributed by atoms with Crippen molar-refractivity contribution < 1.29 is 9.59 Å². The Labute approximate surface area is 166 Å². The summed E-state index contributed by atoms with van der Waals surface area (Å²) in [6.07, 6.45) is 9.18. The zero-order valence-electron chi connectivity index (χ0n) is 16.7. The fraction of sp³-hybridized carbons (Fsp3) is 0.714. The number of aromatic nitrogens is 2. The van der Waals surface area contributed by atoms with Crippen molar-refractivity contribution in [2.75, 3.05) is 44.7 Å². The van der Waals surface area contributed by atoms with Crippen LogP contribution >= 0.6 is 0 Å². The van der Waals surface area contributed by atoms with Crippen LogP contribution < -0.4 is 4.90 Å². The van der Waals surface area contributed by atoms with E-state index in [1.165, 1.54) is 19.3 Å². The van der Waals surface area contributed by atoms with Crippen molar-refractivity contribution in [2.45, 2.75) is 50.4 Å². The molecular formula is C21H29N5O2. The molecule has 0 N–H and O–H groups in total. The topological polar surface area (TPSA) is 69.6 Å². The highest BCUT2D eigenvalue weighted by Gasteiger charge is 2.47. The van der Waals surface area contributed by atoms with E-state index in [9.17, 15) is 9.59 Å². The van der Waals surface area contributed by atoms with Crippen LogP contribution in [-0.4, -0.2) is 71.4 Å². The quantitative estimate of drug-likeness (QED) is 0.779. The van der Waals surface area contributed by atoms with Crippen LogP contribution in [0.2, 0.25) is 0 Å². The molecule has 0 bridgehead atoms. The number of hydrogen-bond acceptors (Lipinski definition) is 5. The lowest BCUT2D eigenvalue weighted by molar-refractivity contribution is -0.134. The first-order valence-corrected chi connectivity index (χ1v) is 10.7. The Balaban J connectivity index is 1.45. The van der Waals surface area contributed by atoms with Crippen molar-refractivity contribution in [3.05, 3.63) is 17.5 Å². The van der Waals surface area contributed by atoms with Gasteiger partial charge < -0.3 is 14.7 Å². The van der Waals surface area contributed by atoms with Gasteiger partial charge in [-0.1, -0.05) is 0 Å². The molecule has 5 rings (SSSR count). The lowest BCUT2D eigenvalue weighted by atomic mass is 9.71. The van der Waals surface area contributed by atoms with Crippen LogP contribution in [0.3, 0.4) is 0 Å². The zero-order chi connectivity index (χ0) is 19.3. The van der Waals surface area contributed by atoms with Gasteiger partial charge in [0.05, 0.1) is 11.3 Å². The van der Waals surface area contributed by atoms with E-state index in [2.05, 4.69) is 9.88 Å². The van der Waals surface area contributed by atoms with Crippen molar-refractivity contribution in [1.82, 2.24) is 19.8 Å². The Morgan fingerprint density at radius 2 is 1.82 bits per heavy atom. The maximum atomic E-state index is 12.8. The van der Waals surface area contributed by atoms with Crippen LogP contribution in [0, 0.1) is 5.92 Å². The smallest absolute Gasteiger partial charge is 0.257 e. The first kappa shape index (κ1) is 17.9. The third kappa shape index (κ3) is 2.95. The van der Waals surface area contributed by atoms with Gasteiger partial charge in [0.25, 0.3) is 5.91 Å². The summed E-state index contributed by atoms with van der Waals surface area (Å²) in [6.45, 7) is 4.19. The molecule has 7 nitrogen and oxygen atoms in total. The monoisotopic (exact) mass is 383 g/mol. The third-order valence-corrected chi connectivity index (χ3v) is 6.99. The number of anilines is 1. The van der Waals surface area contributed by atoms with Crippen LogP contribution in [-0.2, 0) is 10.2 Å². The van der Waals surface area contributed by atoms with E-state index in [0.29, 0.717) is 18.0 Å². The Hall–Kier alpha value is -2.18. The van der Waals surface area contributed by atoms with Gasteiger partial charge in [-0.25, -0.2) is 9.97 Å². The van der Waals surface area contributed by atoms with E-state index < -0.39 is 0 Å². The van der Waals surface area contributed by atoms with Gasteiger partial charge in [-0.15, -0.1) is 0 Å². The molecule has 1 aromatic heterocycles. The molecule has 7 heteroatoms. The van der Waals surface area contributed by atoms with E-state index >= 15 is 0 Å². The highest BCUT2D eigenvalue weighted by Crippen LogP contribution is 2.42. The maximum absolute atomic E-state index is 12.8. The standard InChI is InChI=1S/C21H29N5O2/c1-24-14-21(7-11-25(12-8-21)18(27)15-5-6-15)17-16(19(24)28)13-22-20(23-17)26-9-3-2-4-10-26/h13,15H,2-12,14H2,1H3. The first-order valence-electron chi connectivity index (χ1n) is 10.7. The van der Waals surface area contributed by atoms with Crippen molar-refractivity contribution in [1.29, 1.82) is 0 Å². The van der Waals surface area contributed by atoms with E-state index in [4.69, 9.17) is 4.98 Å². The minimum absolute atomic E-state index is 0.0160. The summed E-state index contributed by atoms with van der Waals surface area (Å²) in [4.78, 5) is 40.9. The Kier molecular flexibility index (Phi) is 4.29. The molecule has 1 aromatic rings. The normalized spacial score (nSPS) is 24.5. The van der Waals surface area contributed by atoms with Crippen LogP contribution in [0.4, 0.5) is 5.95 Å². The molecule has 3 fully saturated rings. The molecular weight excluding hydrogens is 354 g/mol. The second-order valence-corrected chi connectivity index (χ2v) is 9.02. The van der Waals surface area contributed by atoms with Crippen LogP contribution in [0.25, 0.3) is 0 Å². The predicted molar refractivity (Wildman–Crippen MR) is 105 cm³/mol. The average Bonchev–Trinajstić information content (AvgIpc) is 3.58. The molecule has 150 valence electrons. The summed E-state index contributed by atoms with van der Waals surface area (Å²) in [5.74, 6) is 1.38. The molecule has 4 heterocycles. The van der Waals surface area contributed by atoms with Crippen LogP contribution in [0.15, 0.2) is 6.20 Å². The number of hydrogen-bond donors (Lipinski definition) is 0. The second-order valence-electron chi connectivity index (χ2n) is 9.02.